The van der Waals surface area contributed by atoms with Crippen molar-refractivity contribution in [3.05, 3.63) is 35.9 Å². The first-order valence-electron chi connectivity index (χ1n) is 5.90. The summed E-state index contributed by atoms with van der Waals surface area (Å²) in [7, 11) is 0. The number of aliphatic hydroxyl groups excluding tert-OH is 1. The lowest BCUT2D eigenvalue weighted by Gasteiger charge is -2.06. The lowest BCUT2D eigenvalue weighted by atomic mass is 10.1. The second-order valence-electron chi connectivity index (χ2n) is 3.87. The summed E-state index contributed by atoms with van der Waals surface area (Å²) in [6.45, 7) is 0.432. The van der Waals surface area contributed by atoms with E-state index in [2.05, 4.69) is 10.6 Å². The van der Waals surface area contributed by atoms with E-state index in [0.717, 1.165) is 5.56 Å². The third kappa shape index (κ3) is 6.00. The molecule has 0 bridgehead atoms. The standard InChI is InChI=1S/C13H18N2O3/c16-8-4-7-14-13(18)10-15-12(17)9-11-5-2-1-3-6-11/h1-3,5-6,16H,4,7-10H2,(H,14,18)(H,15,17). The molecule has 0 aliphatic carbocycles. The predicted molar refractivity (Wildman–Crippen MR) is 67.9 cm³/mol. The van der Waals surface area contributed by atoms with E-state index in [4.69, 9.17) is 5.11 Å². The molecular formula is C13H18N2O3. The van der Waals surface area contributed by atoms with Crippen LogP contribution in [0.4, 0.5) is 0 Å². The topological polar surface area (TPSA) is 78.4 Å². The van der Waals surface area contributed by atoms with Crippen molar-refractivity contribution in [2.45, 2.75) is 12.8 Å². The van der Waals surface area contributed by atoms with Gasteiger partial charge in [-0.1, -0.05) is 30.3 Å². The second kappa shape index (κ2) is 8.25. The van der Waals surface area contributed by atoms with Gasteiger partial charge in [0.15, 0.2) is 0 Å². The SMILES string of the molecule is O=C(CNC(=O)Cc1ccccc1)NCCCO. The fourth-order valence-corrected chi connectivity index (χ4v) is 1.39. The summed E-state index contributed by atoms with van der Waals surface area (Å²) in [5, 5.41) is 13.7. The largest absolute Gasteiger partial charge is 0.396 e. The van der Waals surface area contributed by atoms with Crippen molar-refractivity contribution in [2.75, 3.05) is 19.7 Å². The highest BCUT2D eigenvalue weighted by Gasteiger charge is 2.05. The van der Waals surface area contributed by atoms with Crippen LogP contribution >= 0.6 is 0 Å². The number of hydrogen-bond acceptors (Lipinski definition) is 3. The number of amides is 2. The molecule has 0 aromatic heterocycles. The molecule has 0 unspecified atom stereocenters. The van der Waals surface area contributed by atoms with E-state index in [1.807, 2.05) is 30.3 Å². The van der Waals surface area contributed by atoms with E-state index in [9.17, 15) is 9.59 Å². The molecule has 0 saturated carbocycles. The quantitative estimate of drug-likeness (QED) is 0.589. The number of benzene rings is 1. The Morgan fingerprint density at radius 3 is 2.44 bits per heavy atom. The zero-order chi connectivity index (χ0) is 13.2. The molecular weight excluding hydrogens is 232 g/mol. The molecule has 0 spiro atoms. The summed E-state index contributed by atoms with van der Waals surface area (Å²) in [5.74, 6) is -0.427. The van der Waals surface area contributed by atoms with Gasteiger partial charge in [-0.15, -0.1) is 0 Å². The van der Waals surface area contributed by atoms with E-state index in [1.165, 1.54) is 0 Å². The fourth-order valence-electron chi connectivity index (χ4n) is 1.39. The van der Waals surface area contributed by atoms with Gasteiger partial charge < -0.3 is 15.7 Å². The molecule has 98 valence electrons. The zero-order valence-electron chi connectivity index (χ0n) is 10.2. The molecule has 3 N–H and O–H groups in total. The summed E-state index contributed by atoms with van der Waals surface area (Å²) in [6.07, 6.45) is 0.786. The number of carbonyl (C=O) groups excluding carboxylic acids is 2. The van der Waals surface area contributed by atoms with Crippen LogP contribution < -0.4 is 10.6 Å². The molecule has 5 heteroatoms. The first-order valence-corrected chi connectivity index (χ1v) is 5.90. The van der Waals surface area contributed by atoms with E-state index >= 15 is 0 Å². The molecule has 0 fully saturated rings. The van der Waals surface area contributed by atoms with Crippen LogP contribution in [0.15, 0.2) is 30.3 Å². The van der Waals surface area contributed by atoms with E-state index < -0.39 is 0 Å². The van der Waals surface area contributed by atoms with Crippen LogP contribution in [0.3, 0.4) is 0 Å². The van der Waals surface area contributed by atoms with Gasteiger partial charge in [0, 0.05) is 13.2 Å². The normalized spacial score (nSPS) is 9.83. The van der Waals surface area contributed by atoms with Crippen molar-refractivity contribution in [3.8, 4) is 0 Å². The van der Waals surface area contributed by atoms with Crippen molar-refractivity contribution in [1.82, 2.24) is 10.6 Å². The Balaban J connectivity index is 2.19. The van der Waals surface area contributed by atoms with Crippen LogP contribution in [0.1, 0.15) is 12.0 Å². The van der Waals surface area contributed by atoms with Crippen molar-refractivity contribution in [3.63, 3.8) is 0 Å². The van der Waals surface area contributed by atoms with Gasteiger partial charge in [-0.3, -0.25) is 9.59 Å². The molecule has 0 aliphatic heterocycles. The summed E-state index contributed by atoms with van der Waals surface area (Å²) in [6, 6.07) is 9.34. The Morgan fingerprint density at radius 1 is 1.06 bits per heavy atom. The Kier molecular flexibility index (Phi) is 6.50. The molecule has 0 radical (unpaired) electrons. The number of nitrogens with one attached hydrogen (secondary N) is 2. The highest BCUT2D eigenvalue weighted by Crippen LogP contribution is 1.98. The third-order valence-electron chi connectivity index (χ3n) is 2.31. The lowest BCUT2D eigenvalue weighted by molar-refractivity contribution is -0.125. The van der Waals surface area contributed by atoms with Crippen LogP contribution in [-0.2, 0) is 16.0 Å². The maximum Gasteiger partial charge on any atom is 0.239 e. The van der Waals surface area contributed by atoms with Gasteiger partial charge in [-0.2, -0.15) is 0 Å². The van der Waals surface area contributed by atoms with Crippen molar-refractivity contribution < 1.29 is 14.7 Å². The van der Waals surface area contributed by atoms with E-state index in [-0.39, 0.29) is 31.4 Å². The summed E-state index contributed by atoms with van der Waals surface area (Å²) >= 11 is 0. The smallest absolute Gasteiger partial charge is 0.239 e. The summed E-state index contributed by atoms with van der Waals surface area (Å²) < 4.78 is 0. The van der Waals surface area contributed by atoms with Crippen LogP contribution in [-0.4, -0.2) is 36.6 Å². The first-order chi connectivity index (χ1) is 8.72. The fraction of sp³-hybridized carbons (Fsp3) is 0.385. The average Bonchev–Trinajstić information content (AvgIpc) is 2.38. The highest BCUT2D eigenvalue weighted by molar-refractivity contribution is 5.85. The molecule has 0 atom stereocenters. The molecule has 0 saturated heterocycles. The summed E-state index contributed by atoms with van der Waals surface area (Å²) in [5.41, 5.74) is 0.913. The Hall–Kier alpha value is -1.88. The average molecular weight is 250 g/mol. The van der Waals surface area contributed by atoms with Crippen LogP contribution in [0, 0.1) is 0 Å². The second-order valence-corrected chi connectivity index (χ2v) is 3.87. The van der Waals surface area contributed by atoms with Crippen LogP contribution in [0.2, 0.25) is 0 Å². The van der Waals surface area contributed by atoms with Crippen LogP contribution in [0.25, 0.3) is 0 Å². The molecule has 18 heavy (non-hydrogen) atoms. The van der Waals surface area contributed by atoms with Gasteiger partial charge in [0.25, 0.3) is 0 Å². The Labute approximate surface area is 106 Å². The van der Waals surface area contributed by atoms with Gasteiger partial charge >= 0.3 is 0 Å². The predicted octanol–water partition coefficient (Wildman–Crippen LogP) is -0.156. The zero-order valence-corrected chi connectivity index (χ0v) is 10.2. The molecule has 0 heterocycles. The van der Waals surface area contributed by atoms with Crippen molar-refractivity contribution >= 4 is 11.8 Å². The number of hydrogen-bond donors (Lipinski definition) is 3. The third-order valence-corrected chi connectivity index (χ3v) is 2.31. The van der Waals surface area contributed by atoms with Gasteiger partial charge in [-0.25, -0.2) is 0 Å². The molecule has 1 aromatic rings. The monoisotopic (exact) mass is 250 g/mol. The minimum atomic E-state index is -0.245. The maximum absolute atomic E-state index is 11.5. The van der Waals surface area contributed by atoms with Crippen molar-refractivity contribution in [1.29, 1.82) is 0 Å². The number of aliphatic hydroxyl groups is 1. The van der Waals surface area contributed by atoms with Crippen LogP contribution in [0.5, 0.6) is 0 Å². The Bertz CT molecular complexity index is 379. The van der Waals surface area contributed by atoms with Gasteiger partial charge in [-0.05, 0) is 12.0 Å². The van der Waals surface area contributed by atoms with E-state index in [1.54, 1.807) is 0 Å². The lowest BCUT2D eigenvalue weighted by Crippen LogP contribution is -2.38. The molecule has 2 amide bonds. The number of rotatable bonds is 7. The summed E-state index contributed by atoms with van der Waals surface area (Å²) in [4.78, 5) is 22.8. The van der Waals surface area contributed by atoms with Gasteiger partial charge in [0.1, 0.15) is 0 Å². The Morgan fingerprint density at radius 2 is 1.78 bits per heavy atom. The molecule has 0 aliphatic rings. The number of carbonyl (C=O) groups is 2. The first kappa shape index (κ1) is 14.2. The molecule has 1 aromatic carbocycles. The minimum Gasteiger partial charge on any atom is -0.396 e. The van der Waals surface area contributed by atoms with Crippen molar-refractivity contribution in [2.24, 2.45) is 0 Å². The molecule has 5 nitrogen and oxygen atoms in total. The maximum atomic E-state index is 11.5. The van der Waals surface area contributed by atoms with E-state index in [0.29, 0.717) is 13.0 Å². The van der Waals surface area contributed by atoms with Gasteiger partial charge in [0.05, 0.1) is 13.0 Å². The highest BCUT2D eigenvalue weighted by atomic mass is 16.3. The minimum absolute atomic E-state index is 0.0307. The van der Waals surface area contributed by atoms with Gasteiger partial charge in [0.2, 0.25) is 11.8 Å². The molecule has 1 rings (SSSR count).